The van der Waals surface area contributed by atoms with Gasteiger partial charge in [-0.05, 0) is 43.3 Å². The second kappa shape index (κ2) is 6.72. The quantitative estimate of drug-likeness (QED) is 0.767. The van der Waals surface area contributed by atoms with E-state index >= 15 is 0 Å². The van der Waals surface area contributed by atoms with Crippen LogP contribution in [0.15, 0.2) is 23.8 Å². The molecule has 1 atom stereocenters. The minimum absolute atomic E-state index is 0.126. The molecule has 0 bridgehead atoms. The minimum atomic E-state index is -0.181. The average Bonchev–Trinajstić information content (AvgIpc) is 3.05. The van der Waals surface area contributed by atoms with Crippen LogP contribution >= 0.6 is 0 Å². The lowest BCUT2D eigenvalue weighted by Crippen LogP contribution is -2.22. The van der Waals surface area contributed by atoms with Gasteiger partial charge in [0.25, 0.3) is 0 Å². The molecule has 0 spiro atoms. The Hall–Kier alpha value is -1.18. The van der Waals surface area contributed by atoms with Gasteiger partial charge in [0.15, 0.2) is 5.78 Å². The van der Waals surface area contributed by atoms with Crippen LogP contribution in [-0.4, -0.2) is 11.6 Å². The standard InChI is InChI=1S/C19H26O2/c20-18-11-10-16(14-6-2-1-3-7-14)12-17(18)13-19(21)15-8-4-5-9-15/h10-12,14-15,17H,1-9,13H2. The maximum atomic E-state index is 12.3. The molecule has 2 nitrogen and oxygen atoms in total. The molecule has 3 aliphatic carbocycles. The molecule has 3 rings (SSSR count). The molecule has 0 amide bonds. The molecule has 114 valence electrons. The van der Waals surface area contributed by atoms with Gasteiger partial charge in [0.2, 0.25) is 0 Å². The molecule has 0 radical (unpaired) electrons. The highest BCUT2D eigenvalue weighted by Crippen LogP contribution is 2.34. The molecule has 21 heavy (non-hydrogen) atoms. The minimum Gasteiger partial charge on any atom is -0.299 e. The van der Waals surface area contributed by atoms with E-state index in [4.69, 9.17) is 0 Å². The summed E-state index contributed by atoms with van der Waals surface area (Å²) < 4.78 is 0. The first-order valence-corrected chi connectivity index (χ1v) is 8.70. The topological polar surface area (TPSA) is 34.1 Å². The van der Waals surface area contributed by atoms with Crippen LogP contribution < -0.4 is 0 Å². The van der Waals surface area contributed by atoms with Crippen molar-refractivity contribution >= 4 is 11.6 Å². The van der Waals surface area contributed by atoms with E-state index in [1.165, 1.54) is 50.5 Å². The average molecular weight is 286 g/mol. The van der Waals surface area contributed by atoms with Crippen LogP contribution in [-0.2, 0) is 9.59 Å². The number of Topliss-reactive ketones (excluding diaryl/α,β-unsaturated/α-hetero) is 1. The fourth-order valence-corrected chi connectivity index (χ4v) is 4.17. The summed E-state index contributed by atoms with van der Waals surface area (Å²) in [6, 6.07) is 0. The molecule has 0 aromatic rings. The van der Waals surface area contributed by atoms with Gasteiger partial charge >= 0.3 is 0 Å². The number of hydrogen-bond donors (Lipinski definition) is 0. The van der Waals surface area contributed by atoms with E-state index in [1.807, 2.05) is 6.08 Å². The van der Waals surface area contributed by atoms with Crippen molar-refractivity contribution in [2.75, 3.05) is 0 Å². The van der Waals surface area contributed by atoms with E-state index in [9.17, 15) is 9.59 Å². The van der Waals surface area contributed by atoms with Gasteiger partial charge in [-0.15, -0.1) is 0 Å². The Labute approximate surface area is 127 Å². The molecule has 0 aromatic heterocycles. The van der Waals surface area contributed by atoms with E-state index in [0.29, 0.717) is 18.1 Å². The van der Waals surface area contributed by atoms with Crippen molar-refractivity contribution in [2.24, 2.45) is 17.8 Å². The number of hydrogen-bond acceptors (Lipinski definition) is 2. The smallest absolute Gasteiger partial charge is 0.162 e. The lowest BCUT2D eigenvalue weighted by atomic mass is 9.78. The summed E-state index contributed by atoms with van der Waals surface area (Å²) in [5.74, 6) is 1.11. The van der Waals surface area contributed by atoms with E-state index < -0.39 is 0 Å². The van der Waals surface area contributed by atoms with E-state index in [0.717, 1.165) is 12.8 Å². The molecule has 0 N–H and O–H groups in total. The highest BCUT2D eigenvalue weighted by Gasteiger charge is 2.29. The van der Waals surface area contributed by atoms with Crippen molar-refractivity contribution in [3.05, 3.63) is 23.8 Å². The van der Waals surface area contributed by atoms with Gasteiger partial charge < -0.3 is 0 Å². The molecule has 2 fully saturated rings. The van der Waals surface area contributed by atoms with Crippen molar-refractivity contribution in [1.29, 1.82) is 0 Å². The van der Waals surface area contributed by atoms with E-state index in [2.05, 4.69) is 6.08 Å². The van der Waals surface area contributed by atoms with Crippen LogP contribution in [0.5, 0.6) is 0 Å². The van der Waals surface area contributed by atoms with Crippen molar-refractivity contribution in [3.8, 4) is 0 Å². The molecule has 0 saturated heterocycles. The van der Waals surface area contributed by atoms with Gasteiger partial charge in [0, 0.05) is 18.3 Å². The number of ketones is 2. The maximum absolute atomic E-state index is 12.3. The summed E-state index contributed by atoms with van der Waals surface area (Å²) in [5.41, 5.74) is 1.32. The Bertz CT molecular complexity index is 460. The monoisotopic (exact) mass is 286 g/mol. The SMILES string of the molecule is O=C1C=CC(C2CCCCC2)=CC1CC(=O)C1CCCC1. The summed E-state index contributed by atoms with van der Waals surface area (Å²) >= 11 is 0. The predicted molar refractivity (Wildman–Crippen MR) is 83.9 cm³/mol. The van der Waals surface area contributed by atoms with Crippen LogP contribution in [0, 0.1) is 17.8 Å². The van der Waals surface area contributed by atoms with Crippen molar-refractivity contribution in [1.82, 2.24) is 0 Å². The highest BCUT2D eigenvalue weighted by molar-refractivity contribution is 5.98. The Morgan fingerprint density at radius 2 is 1.62 bits per heavy atom. The molecule has 3 aliphatic rings. The fourth-order valence-electron chi connectivity index (χ4n) is 4.17. The maximum Gasteiger partial charge on any atom is 0.162 e. The summed E-state index contributed by atoms with van der Waals surface area (Å²) in [4.78, 5) is 24.4. The van der Waals surface area contributed by atoms with E-state index in [1.54, 1.807) is 6.08 Å². The third-order valence-corrected chi connectivity index (χ3v) is 5.51. The second-order valence-corrected chi connectivity index (χ2v) is 7.00. The lowest BCUT2D eigenvalue weighted by Gasteiger charge is -2.26. The molecule has 2 heteroatoms. The van der Waals surface area contributed by atoms with Crippen LogP contribution in [0.4, 0.5) is 0 Å². The first kappa shape index (κ1) is 14.7. The van der Waals surface area contributed by atoms with Crippen LogP contribution in [0.25, 0.3) is 0 Å². The predicted octanol–water partition coefficient (Wildman–Crippen LogP) is 4.40. The first-order chi connectivity index (χ1) is 10.2. The molecular formula is C19H26O2. The number of allylic oxidation sites excluding steroid dienone is 4. The molecule has 0 aromatic carbocycles. The van der Waals surface area contributed by atoms with Crippen molar-refractivity contribution < 1.29 is 9.59 Å². The lowest BCUT2D eigenvalue weighted by molar-refractivity contribution is -0.126. The van der Waals surface area contributed by atoms with Gasteiger partial charge in [-0.2, -0.15) is 0 Å². The van der Waals surface area contributed by atoms with Gasteiger partial charge in [-0.1, -0.05) is 44.3 Å². The highest BCUT2D eigenvalue weighted by atomic mass is 16.1. The van der Waals surface area contributed by atoms with Crippen molar-refractivity contribution in [2.45, 2.75) is 64.2 Å². The number of rotatable bonds is 4. The Kier molecular flexibility index (Phi) is 4.72. The Balaban J connectivity index is 1.65. The fraction of sp³-hybridized carbons (Fsp3) is 0.684. The molecule has 2 saturated carbocycles. The summed E-state index contributed by atoms with van der Waals surface area (Å²) in [6.45, 7) is 0. The molecule has 0 heterocycles. The largest absolute Gasteiger partial charge is 0.299 e. The number of carbonyl (C=O) groups excluding carboxylic acids is 2. The second-order valence-electron chi connectivity index (χ2n) is 7.00. The first-order valence-electron chi connectivity index (χ1n) is 8.70. The Morgan fingerprint density at radius 1 is 0.952 bits per heavy atom. The number of carbonyl (C=O) groups is 2. The molecule has 0 aliphatic heterocycles. The molecule has 1 unspecified atom stereocenters. The van der Waals surface area contributed by atoms with Crippen molar-refractivity contribution in [3.63, 3.8) is 0 Å². The van der Waals surface area contributed by atoms with Gasteiger partial charge in [0.05, 0.1) is 0 Å². The van der Waals surface area contributed by atoms with Gasteiger partial charge in [0.1, 0.15) is 5.78 Å². The Morgan fingerprint density at radius 3 is 2.33 bits per heavy atom. The zero-order chi connectivity index (χ0) is 14.7. The van der Waals surface area contributed by atoms with Crippen LogP contribution in [0.2, 0.25) is 0 Å². The summed E-state index contributed by atoms with van der Waals surface area (Å²) in [7, 11) is 0. The zero-order valence-corrected chi connectivity index (χ0v) is 12.9. The van der Waals surface area contributed by atoms with Crippen LogP contribution in [0.1, 0.15) is 64.2 Å². The zero-order valence-electron chi connectivity index (χ0n) is 12.9. The van der Waals surface area contributed by atoms with E-state index in [-0.39, 0.29) is 17.6 Å². The molecular weight excluding hydrogens is 260 g/mol. The normalized spacial score (nSPS) is 27.9. The third-order valence-electron chi connectivity index (χ3n) is 5.51. The van der Waals surface area contributed by atoms with Gasteiger partial charge in [-0.25, -0.2) is 0 Å². The third kappa shape index (κ3) is 3.53. The summed E-state index contributed by atoms with van der Waals surface area (Å²) in [6.07, 6.45) is 17.1. The van der Waals surface area contributed by atoms with Crippen LogP contribution in [0.3, 0.4) is 0 Å². The summed E-state index contributed by atoms with van der Waals surface area (Å²) in [5, 5.41) is 0. The van der Waals surface area contributed by atoms with Gasteiger partial charge in [-0.3, -0.25) is 9.59 Å².